The molecule has 1 aromatic rings. The van der Waals surface area contributed by atoms with Crippen LogP contribution in [-0.2, 0) is 11.2 Å². The Hall–Kier alpha value is -1.13. The number of ether oxygens (including phenoxy) is 4. The lowest BCUT2D eigenvalue weighted by molar-refractivity contribution is 0.313. The van der Waals surface area contributed by atoms with Gasteiger partial charge in [0.2, 0.25) is 5.75 Å². The summed E-state index contributed by atoms with van der Waals surface area (Å²) >= 11 is 6.26. The van der Waals surface area contributed by atoms with Crippen molar-refractivity contribution in [2.75, 3.05) is 21.3 Å². The number of benzene rings is 1. The molecule has 3 unspecified atom stereocenters. The second kappa shape index (κ2) is 6.10. The molecule has 1 aromatic carbocycles. The number of halogens is 1. The minimum absolute atomic E-state index is 0.312. The maximum absolute atomic E-state index is 6.26. The van der Waals surface area contributed by atoms with E-state index in [1.165, 1.54) is 0 Å². The van der Waals surface area contributed by atoms with Crippen LogP contribution < -0.4 is 14.2 Å². The number of hydrogen-bond acceptors (Lipinski definition) is 4. The summed E-state index contributed by atoms with van der Waals surface area (Å²) in [5.74, 6) is 2.11. The third kappa shape index (κ3) is 2.81. The van der Waals surface area contributed by atoms with Crippen LogP contribution in [0.5, 0.6) is 17.2 Å². The predicted octanol–water partition coefficient (Wildman–Crippen LogP) is 3.33. The lowest BCUT2D eigenvalue weighted by Gasteiger charge is -2.18. The molecular formula is C15H21ClO4. The van der Waals surface area contributed by atoms with E-state index in [2.05, 4.69) is 13.8 Å². The van der Waals surface area contributed by atoms with Gasteiger partial charge in [-0.25, -0.2) is 0 Å². The molecule has 0 bridgehead atoms. The summed E-state index contributed by atoms with van der Waals surface area (Å²) in [5.41, 5.74) is 1.00. The Morgan fingerprint density at radius 3 is 2.15 bits per heavy atom. The SMILES string of the molecule is COc1c(Cl)cc(CC(C)C2OC2C)c(OC)c1OC. The Morgan fingerprint density at radius 1 is 1.15 bits per heavy atom. The van der Waals surface area contributed by atoms with E-state index in [1.54, 1.807) is 21.3 Å². The minimum atomic E-state index is 0.312. The van der Waals surface area contributed by atoms with Gasteiger partial charge in [-0.1, -0.05) is 18.5 Å². The first-order chi connectivity index (χ1) is 9.53. The van der Waals surface area contributed by atoms with Crippen molar-refractivity contribution in [2.45, 2.75) is 32.5 Å². The standard InChI is InChI=1S/C15H21ClO4/c1-8(12-9(2)20-12)6-10-7-11(16)14(18-4)15(19-5)13(10)17-3/h7-9,12H,6H2,1-5H3. The van der Waals surface area contributed by atoms with Crippen LogP contribution >= 0.6 is 11.6 Å². The van der Waals surface area contributed by atoms with Crippen molar-refractivity contribution in [3.05, 3.63) is 16.7 Å². The van der Waals surface area contributed by atoms with Gasteiger partial charge >= 0.3 is 0 Å². The first-order valence-electron chi connectivity index (χ1n) is 6.66. The predicted molar refractivity (Wildman–Crippen MR) is 78.3 cm³/mol. The third-order valence-corrected chi connectivity index (χ3v) is 3.98. The zero-order valence-corrected chi connectivity index (χ0v) is 13.3. The van der Waals surface area contributed by atoms with Crippen molar-refractivity contribution < 1.29 is 18.9 Å². The van der Waals surface area contributed by atoms with E-state index in [-0.39, 0.29) is 0 Å². The highest BCUT2D eigenvalue weighted by atomic mass is 35.5. The fourth-order valence-electron chi connectivity index (χ4n) is 2.65. The van der Waals surface area contributed by atoms with Crippen molar-refractivity contribution in [2.24, 2.45) is 5.92 Å². The molecule has 1 aliphatic rings. The summed E-state index contributed by atoms with van der Waals surface area (Å²) in [6, 6.07) is 1.88. The molecule has 0 saturated carbocycles. The number of methoxy groups -OCH3 is 3. The average molecular weight is 301 g/mol. The highest BCUT2D eigenvalue weighted by molar-refractivity contribution is 6.32. The second-order valence-electron chi connectivity index (χ2n) is 5.10. The van der Waals surface area contributed by atoms with Crippen molar-refractivity contribution in [3.63, 3.8) is 0 Å². The topological polar surface area (TPSA) is 40.2 Å². The molecule has 112 valence electrons. The van der Waals surface area contributed by atoms with Gasteiger partial charge in [0.05, 0.1) is 38.6 Å². The van der Waals surface area contributed by atoms with E-state index in [9.17, 15) is 0 Å². The fourth-order valence-corrected chi connectivity index (χ4v) is 2.95. The largest absolute Gasteiger partial charge is 0.492 e. The van der Waals surface area contributed by atoms with Crippen molar-refractivity contribution in [1.29, 1.82) is 0 Å². The van der Waals surface area contributed by atoms with Gasteiger partial charge in [-0.3, -0.25) is 0 Å². The molecule has 1 saturated heterocycles. The molecule has 3 atom stereocenters. The van der Waals surface area contributed by atoms with Crippen LogP contribution in [0.3, 0.4) is 0 Å². The molecule has 0 N–H and O–H groups in total. The Labute approximate surface area is 124 Å². The normalized spacial score (nSPS) is 22.3. The van der Waals surface area contributed by atoms with Gasteiger partial charge in [0, 0.05) is 5.56 Å². The minimum Gasteiger partial charge on any atom is -0.492 e. The first kappa shape index (κ1) is 15.3. The van der Waals surface area contributed by atoms with Crippen molar-refractivity contribution in [3.8, 4) is 17.2 Å². The van der Waals surface area contributed by atoms with Crippen molar-refractivity contribution >= 4 is 11.6 Å². The maximum Gasteiger partial charge on any atom is 0.205 e. The molecule has 0 radical (unpaired) electrons. The van der Waals surface area contributed by atoms with Gasteiger partial charge < -0.3 is 18.9 Å². The van der Waals surface area contributed by atoms with Crippen LogP contribution in [0.1, 0.15) is 19.4 Å². The fraction of sp³-hybridized carbons (Fsp3) is 0.600. The maximum atomic E-state index is 6.26. The summed E-state index contributed by atoms with van der Waals surface area (Å²) in [4.78, 5) is 0. The van der Waals surface area contributed by atoms with Crippen LogP contribution in [0.25, 0.3) is 0 Å². The second-order valence-corrected chi connectivity index (χ2v) is 5.51. The van der Waals surface area contributed by atoms with Gasteiger partial charge in [0.15, 0.2) is 11.5 Å². The Kier molecular flexibility index (Phi) is 4.66. The number of epoxide rings is 1. The van der Waals surface area contributed by atoms with Crippen LogP contribution in [0, 0.1) is 5.92 Å². The third-order valence-electron chi connectivity index (χ3n) is 3.69. The molecule has 2 rings (SSSR count). The van der Waals surface area contributed by atoms with E-state index < -0.39 is 0 Å². The first-order valence-corrected chi connectivity index (χ1v) is 7.04. The van der Waals surface area contributed by atoms with Crippen LogP contribution in [0.4, 0.5) is 0 Å². The van der Waals surface area contributed by atoms with Gasteiger partial charge in [-0.2, -0.15) is 0 Å². The van der Waals surface area contributed by atoms with Gasteiger partial charge in [-0.15, -0.1) is 0 Å². The van der Waals surface area contributed by atoms with E-state index in [4.69, 9.17) is 30.5 Å². The zero-order chi connectivity index (χ0) is 14.9. The Morgan fingerprint density at radius 2 is 1.70 bits per heavy atom. The molecular weight excluding hydrogens is 280 g/mol. The monoisotopic (exact) mass is 300 g/mol. The van der Waals surface area contributed by atoms with E-state index in [0.717, 1.165) is 12.0 Å². The molecule has 0 aliphatic carbocycles. The summed E-state index contributed by atoms with van der Waals surface area (Å²) < 4.78 is 21.7. The van der Waals surface area contributed by atoms with E-state index in [0.29, 0.717) is 40.4 Å². The van der Waals surface area contributed by atoms with Gasteiger partial charge in [-0.05, 0) is 25.3 Å². The molecule has 1 aliphatic heterocycles. The number of rotatable bonds is 6. The highest BCUT2D eigenvalue weighted by Gasteiger charge is 2.39. The lowest BCUT2D eigenvalue weighted by Crippen LogP contribution is -2.10. The molecule has 0 amide bonds. The number of hydrogen-bond donors (Lipinski definition) is 0. The molecule has 1 fully saturated rings. The molecule has 1 heterocycles. The van der Waals surface area contributed by atoms with Crippen LogP contribution in [0.2, 0.25) is 5.02 Å². The van der Waals surface area contributed by atoms with Crippen molar-refractivity contribution in [1.82, 2.24) is 0 Å². The average Bonchev–Trinajstić information content (AvgIpc) is 3.15. The van der Waals surface area contributed by atoms with Crippen LogP contribution in [0.15, 0.2) is 6.07 Å². The summed E-state index contributed by atoms with van der Waals surface area (Å²) in [6.07, 6.45) is 1.47. The molecule has 0 spiro atoms. The van der Waals surface area contributed by atoms with Crippen LogP contribution in [-0.4, -0.2) is 33.5 Å². The van der Waals surface area contributed by atoms with Gasteiger partial charge in [0.1, 0.15) is 0 Å². The summed E-state index contributed by atoms with van der Waals surface area (Å²) in [5, 5.41) is 0.525. The lowest BCUT2D eigenvalue weighted by atomic mass is 9.95. The van der Waals surface area contributed by atoms with E-state index >= 15 is 0 Å². The zero-order valence-electron chi connectivity index (χ0n) is 12.5. The Balaban J connectivity index is 2.34. The Bertz CT molecular complexity index is 489. The molecule has 20 heavy (non-hydrogen) atoms. The molecule has 5 heteroatoms. The summed E-state index contributed by atoms with van der Waals surface area (Å²) in [6.45, 7) is 4.25. The quantitative estimate of drug-likeness (QED) is 0.756. The highest BCUT2D eigenvalue weighted by Crippen LogP contribution is 2.46. The smallest absolute Gasteiger partial charge is 0.205 e. The molecule has 0 aromatic heterocycles. The van der Waals surface area contributed by atoms with Gasteiger partial charge in [0.25, 0.3) is 0 Å². The molecule has 4 nitrogen and oxygen atoms in total. The summed E-state index contributed by atoms with van der Waals surface area (Å²) in [7, 11) is 4.76. The van der Waals surface area contributed by atoms with E-state index in [1.807, 2.05) is 6.07 Å².